The van der Waals surface area contributed by atoms with Gasteiger partial charge in [0.15, 0.2) is 0 Å². The third-order valence-electron chi connectivity index (χ3n) is 3.49. The predicted octanol–water partition coefficient (Wildman–Crippen LogP) is 2.94. The first-order chi connectivity index (χ1) is 9.74. The lowest BCUT2D eigenvalue weighted by Gasteiger charge is -2.17. The van der Waals surface area contributed by atoms with Gasteiger partial charge in [-0.05, 0) is 35.7 Å². The molecule has 0 aliphatic carbocycles. The van der Waals surface area contributed by atoms with E-state index in [0.29, 0.717) is 16.5 Å². The second kappa shape index (κ2) is 3.81. The lowest BCUT2D eigenvalue weighted by Crippen LogP contribution is -2.19. The van der Waals surface area contributed by atoms with E-state index in [4.69, 9.17) is 4.74 Å². The Morgan fingerprint density at radius 2 is 1.60 bits per heavy atom. The van der Waals surface area contributed by atoms with E-state index in [0.717, 1.165) is 11.1 Å². The van der Waals surface area contributed by atoms with Crippen molar-refractivity contribution in [2.75, 3.05) is 0 Å². The van der Waals surface area contributed by atoms with Crippen LogP contribution in [0.1, 0.15) is 20.7 Å². The summed E-state index contributed by atoms with van der Waals surface area (Å²) in [6.45, 7) is 0. The third-order valence-corrected chi connectivity index (χ3v) is 3.49. The van der Waals surface area contributed by atoms with E-state index in [1.165, 1.54) is 0 Å². The second-order valence-corrected chi connectivity index (χ2v) is 4.66. The molecule has 0 saturated carbocycles. The number of carbonyl (C=O) groups is 2. The largest absolute Gasteiger partial charge is 0.386 e. The minimum absolute atomic E-state index is 0.432. The van der Waals surface area contributed by atoms with Gasteiger partial charge in [0.05, 0.1) is 11.1 Å². The number of ether oxygens (including phenoxy) is 1. The van der Waals surface area contributed by atoms with Crippen LogP contribution in [-0.2, 0) is 4.74 Å². The molecule has 0 amide bonds. The highest BCUT2D eigenvalue weighted by atomic mass is 16.6. The third kappa shape index (κ3) is 1.42. The number of rotatable bonds is 1. The van der Waals surface area contributed by atoms with Crippen molar-refractivity contribution in [3.8, 4) is 5.69 Å². The van der Waals surface area contributed by atoms with Crippen LogP contribution in [-0.4, -0.2) is 16.5 Å². The molecular weight excluding hydrogens is 254 g/mol. The molecule has 0 fully saturated rings. The molecule has 2 heterocycles. The first-order valence-electron chi connectivity index (χ1n) is 6.21. The molecule has 4 nitrogen and oxygen atoms in total. The Labute approximate surface area is 114 Å². The average Bonchev–Trinajstić information content (AvgIpc) is 2.98. The van der Waals surface area contributed by atoms with Crippen LogP contribution >= 0.6 is 0 Å². The topological polar surface area (TPSA) is 48.3 Å². The molecule has 3 aromatic rings. The highest BCUT2D eigenvalue weighted by molar-refractivity contribution is 6.21. The van der Waals surface area contributed by atoms with Crippen molar-refractivity contribution in [2.45, 2.75) is 0 Å². The fourth-order valence-electron chi connectivity index (χ4n) is 2.59. The fourth-order valence-corrected chi connectivity index (χ4v) is 2.59. The summed E-state index contributed by atoms with van der Waals surface area (Å²) < 4.78 is 6.70. The summed E-state index contributed by atoms with van der Waals surface area (Å²) in [6.07, 6.45) is 3.80. The number of nitrogens with zero attached hydrogens (tertiary/aromatic N) is 1. The first kappa shape index (κ1) is 11.0. The molecule has 4 heteroatoms. The van der Waals surface area contributed by atoms with Crippen LogP contribution in [0.3, 0.4) is 0 Å². The molecule has 20 heavy (non-hydrogen) atoms. The Hall–Kier alpha value is -2.88. The molecule has 0 spiro atoms. The Morgan fingerprint density at radius 1 is 0.850 bits per heavy atom. The van der Waals surface area contributed by atoms with Crippen molar-refractivity contribution in [3.63, 3.8) is 0 Å². The van der Waals surface area contributed by atoms with Gasteiger partial charge in [-0.3, -0.25) is 0 Å². The van der Waals surface area contributed by atoms with Gasteiger partial charge in [0.1, 0.15) is 0 Å². The van der Waals surface area contributed by atoms with E-state index in [1.807, 2.05) is 41.2 Å². The molecule has 0 atom stereocenters. The Bertz CT molecular complexity index is 863. The van der Waals surface area contributed by atoms with E-state index in [-0.39, 0.29) is 0 Å². The van der Waals surface area contributed by atoms with Crippen LogP contribution in [0.25, 0.3) is 16.5 Å². The maximum atomic E-state index is 12.0. The Kier molecular flexibility index (Phi) is 2.09. The van der Waals surface area contributed by atoms with Gasteiger partial charge in [0, 0.05) is 23.5 Å². The zero-order valence-electron chi connectivity index (χ0n) is 10.4. The molecule has 0 saturated heterocycles. The van der Waals surface area contributed by atoms with Gasteiger partial charge in [0.2, 0.25) is 0 Å². The number of esters is 2. The number of benzene rings is 2. The molecule has 1 aromatic heterocycles. The summed E-state index contributed by atoms with van der Waals surface area (Å²) in [5, 5.41) is 1.53. The van der Waals surface area contributed by atoms with E-state index < -0.39 is 11.9 Å². The van der Waals surface area contributed by atoms with Crippen LogP contribution in [0.2, 0.25) is 0 Å². The number of carbonyl (C=O) groups excluding carboxylic acids is 2. The molecular formula is C16H9NO3. The smallest absolute Gasteiger partial charge is 0.346 e. The lowest BCUT2D eigenvalue weighted by molar-refractivity contribution is 0.0391. The molecule has 0 unspecified atom stereocenters. The molecule has 96 valence electrons. The van der Waals surface area contributed by atoms with Crippen molar-refractivity contribution in [1.82, 2.24) is 4.57 Å². The lowest BCUT2D eigenvalue weighted by atomic mass is 9.96. The van der Waals surface area contributed by atoms with Crippen LogP contribution in [0, 0.1) is 0 Å². The van der Waals surface area contributed by atoms with Crippen LogP contribution in [0.15, 0.2) is 54.9 Å². The number of hydrogen-bond acceptors (Lipinski definition) is 3. The quantitative estimate of drug-likeness (QED) is 0.501. The van der Waals surface area contributed by atoms with Gasteiger partial charge >= 0.3 is 11.9 Å². The number of hydrogen-bond donors (Lipinski definition) is 0. The minimum atomic E-state index is -0.590. The molecule has 1 aliphatic heterocycles. The highest BCUT2D eigenvalue weighted by Crippen LogP contribution is 2.31. The standard InChI is InChI=1S/C16H9NO3/c18-15-12-5-3-4-10-8-11(17-6-1-2-7-17)9-13(14(10)12)16(19)20-15/h1-9H. The Balaban J connectivity index is 2.11. The summed E-state index contributed by atoms with van der Waals surface area (Å²) in [6, 6.07) is 12.9. The molecule has 0 radical (unpaired) electrons. The van der Waals surface area contributed by atoms with E-state index in [9.17, 15) is 9.59 Å². The fraction of sp³-hybridized carbons (Fsp3) is 0. The van der Waals surface area contributed by atoms with Crippen LogP contribution in [0.4, 0.5) is 0 Å². The maximum Gasteiger partial charge on any atom is 0.346 e. The predicted molar refractivity (Wildman–Crippen MR) is 73.0 cm³/mol. The van der Waals surface area contributed by atoms with Gasteiger partial charge in [-0.25, -0.2) is 9.59 Å². The summed E-state index contributed by atoms with van der Waals surface area (Å²) in [4.78, 5) is 23.7. The van der Waals surface area contributed by atoms with Gasteiger partial charge in [-0.2, -0.15) is 0 Å². The number of aromatic nitrogens is 1. The van der Waals surface area contributed by atoms with Gasteiger partial charge < -0.3 is 9.30 Å². The summed E-state index contributed by atoms with van der Waals surface area (Å²) in [5.74, 6) is -1.17. The van der Waals surface area contributed by atoms with Crippen molar-refractivity contribution < 1.29 is 14.3 Å². The maximum absolute atomic E-state index is 12.0. The van der Waals surface area contributed by atoms with E-state index >= 15 is 0 Å². The summed E-state index contributed by atoms with van der Waals surface area (Å²) >= 11 is 0. The Morgan fingerprint density at radius 3 is 2.40 bits per heavy atom. The summed E-state index contributed by atoms with van der Waals surface area (Å²) in [5.41, 5.74) is 1.73. The molecule has 0 N–H and O–H groups in total. The van der Waals surface area contributed by atoms with Crippen LogP contribution < -0.4 is 0 Å². The molecule has 2 aromatic carbocycles. The zero-order valence-corrected chi connectivity index (χ0v) is 10.4. The monoisotopic (exact) mass is 263 g/mol. The highest BCUT2D eigenvalue weighted by Gasteiger charge is 2.27. The van der Waals surface area contributed by atoms with E-state index in [1.54, 1.807) is 18.2 Å². The van der Waals surface area contributed by atoms with Crippen molar-refractivity contribution in [2.24, 2.45) is 0 Å². The molecule has 1 aliphatic rings. The summed E-state index contributed by atoms with van der Waals surface area (Å²) in [7, 11) is 0. The first-order valence-corrected chi connectivity index (χ1v) is 6.21. The average molecular weight is 263 g/mol. The van der Waals surface area contributed by atoms with E-state index in [2.05, 4.69) is 0 Å². The second-order valence-electron chi connectivity index (χ2n) is 4.66. The van der Waals surface area contributed by atoms with Crippen molar-refractivity contribution in [3.05, 3.63) is 66.0 Å². The van der Waals surface area contributed by atoms with Gasteiger partial charge in [0.25, 0.3) is 0 Å². The van der Waals surface area contributed by atoms with Gasteiger partial charge in [-0.15, -0.1) is 0 Å². The van der Waals surface area contributed by atoms with Crippen molar-refractivity contribution in [1.29, 1.82) is 0 Å². The SMILES string of the molecule is O=C1OC(=O)c2cc(-n3cccc3)cc3cccc1c23. The molecule has 4 rings (SSSR count). The minimum Gasteiger partial charge on any atom is -0.386 e. The van der Waals surface area contributed by atoms with Crippen LogP contribution in [0.5, 0.6) is 0 Å². The normalized spacial score (nSPS) is 13.6. The zero-order chi connectivity index (χ0) is 13.7. The van der Waals surface area contributed by atoms with Crippen molar-refractivity contribution >= 4 is 22.7 Å². The van der Waals surface area contributed by atoms with Gasteiger partial charge in [-0.1, -0.05) is 12.1 Å². The number of cyclic esters (lactones) is 2. The molecule has 0 bridgehead atoms.